The first-order chi connectivity index (χ1) is 10.1. The van der Waals surface area contributed by atoms with Crippen LogP contribution >= 0.6 is 28.3 Å². The van der Waals surface area contributed by atoms with E-state index in [4.69, 9.17) is 4.74 Å². The van der Waals surface area contributed by atoms with Crippen molar-refractivity contribution in [2.24, 2.45) is 11.8 Å². The number of likely N-dealkylation sites (N-methyl/N-ethyl adjacent to an activating group) is 1. The third-order valence-corrected chi connectivity index (χ3v) is 4.58. The van der Waals surface area contributed by atoms with Crippen LogP contribution in [0.5, 0.6) is 5.75 Å². The van der Waals surface area contributed by atoms with Crippen LogP contribution in [0, 0.1) is 11.8 Å². The molecule has 1 fully saturated rings. The van der Waals surface area contributed by atoms with Gasteiger partial charge in [0.1, 0.15) is 12.4 Å². The largest absolute Gasteiger partial charge is 0.492 e. The first kappa shape index (κ1) is 19.3. The van der Waals surface area contributed by atoms with E-state index in [1.165, 1.54) is 0 Å². The van der Waals surface area contributed by atoms with Gasteiger partial charge in [0.25, 0.3) is 0 Å². The molecule has 1 heterocycles. The third kappa shape index (κ3) is 5.14. The van der Waals surface area contributed by atoms with Crippen LogP contribution in [0.25, 0.3) is 0 Å². The average Bonchev–Trinajstić information content (AvgIpc) is 2.43. The van der Waals surface area contributed by atoms with Crippen LogP contribution in [0.15, 0.2) is 28.7 Å². The molecule has 1 aromatic carbocycles. The number of amides is 1. The minimum Gasteiger partial charge on any atom is -0.492 e. The second-order valence-electron chi connectivity index (χ2n) is 5.43. The molecule has 0 radical (unpaired) electrons. The van der Waals surface area contributed by atoms with Gasteiger partial charge in [-0.15, -0.1) is 12.4 Å². The molecule has 0 aliphatic carbocycles. The van der Waals surface area contributed by atoms with E-state index >= 15 is 0 Å². The Morgan fingerprint density at radius 1 is 1.41 bits per heavy atom. The lowest BCUT2D eigenvalue weighted by atomic mass is 9.88. The fraction of sp³-hybridized carbons (Fsp3) is 0.562. The molecule has 0 saturated carbocycles. The summed E-state index contributed by atoms with van der Waals surface area (Å²) < 4.78 is 6.73. The quantitative estimate of drug-likeness (QED) is 0.777. The fourth-order valence-corrected chi connectivity index (χ4v) is 2.65. The van der Waals surface area contributed by atoms with Gasteiger partial charge in [-0.2, -0.15) is 0 Å². The highest BCUT2D eigenvalue weighted by Crippen LogP contribution is 2.19. The maximum Gasteiger partial charge on any atom is 0.225 e. The van der Waals surface area contributed by atoms with Crippen molar-refractivity contribution in [3.63, 3.8) is 0 Å². The molecule has 2 rings (SSSR count). The molecule has 124 valence electrons. The fourth-order valence-electron chi connectivity index (χ4n) is 2.38. The summed E-state index contributed by atoms with van der Waals surface area (Å²) >= 11 is 3.40. The van der Waals surface area contributed by atoms with Gasteiger partial charge in [-0.25, -0.2) is 0 Å². The van der Waals surface area contributed by atoms with Gasteiger partial charge in [-0.3, -0.25) is 4.79 Å². The van der Waals surface area contributed by atoms with Crippen molar-refractivity contribution < 1.29 is 9.53 Å². The predicted octanol–water partition coefficient (Wildman–Crippen LogP) is 2.95. The van der Waals surface area contributed by atoms with Crippen LogP contribution in [0.2, 0.25) is 0 Å². The molecule has 1 amide bonds. The van der Waals surface area contributed by atoms with Crippen molar-refractivity contribution >= 4 is 34.2 Å². The Bertz CT molecular complexity index is 466. The van der Waals surface area contributed by atoms with Gasteiger partial charge in [0.15, 0.2) is 0 Å². The molecule has 1 aliphatic rings. The molecule has 1 N–H and O–H groups in total. The number of nitrogens with zero attached hydrogens (tertiary/aromatic N) is 1. The molecule has 22 heavy (non-hydrogen) atoms. The molecule has 0 bridgehead atoms. The van der Waals surface area contributed by atoms with Crippen molar-refractivity contribution in [2.45, 2.75) is 13.8 Å². The normalized spacial score (nSPS) is 15.4. The van der Waals surface area contributed by atoms with Crippen molar-refractivity contribution in [2.75, 3.05) is 32.8 Å². The summed E-state index contributed by atoms with van der Waals surface area (Å²) in [5.41, 5.74) is 0. The molecule has 4 nitrogen and oxygen atoms in total. The summed E-state index contributed by atoms with van der Waals surface area (Å²) in [5.74, 6) is 1.65. The standard InChI is InChI=1S/C16H23BrN2O2.ClH/c1-3-19(16(20)12(2)13-10-18-11-13)8-9-21-15-6-4-14(17)5-7-15;/h4-7,12-13,18H,3,8-11H2,1-2H3;1H. The number of ether oxygens (including phenoxy) is 1. The Morgan fingerprint density at radius 2 is 2.05 bits per heavy atom. The maximum atomic E-state index is 12.4. The minimum atomic E-state index is 0. The summed E-state index contributed by atoms with van der Waals surface area (Å²) in [5, 5.41) is 3.22. The zero-order valence-corrected chi connectivity index (χ0v) is 15.5. The summed E-state index contributed by atoms with van der Waals surface area (Å²) in [6, 6.07) is 7.74. The maximum absolute atomic E-state index is 12.4. The number of carbonyl (C=O) groups excluding carboxylic acids is 1. The first-order valence-corrected chi connectivity index (χ1v) is 8.29. The van der Waals surface area contributed by atoms with Gasteiger partial charge in [-0.05, 0) is 50.2 Å². The Kier molecular flexibility index (Phi) is 8.21. The zero-order chi connectivity index (χ0) is 15.2. The van der Waals surface area contributed by atoms with Gasteiger partial charge >= 0.3 is 0 Å². The number of hydrogen-bond donors (Lipinski definition) is 1. The van der Waals surface area contributed by atoms with E-state index in [-0.39, 0.29) is 24.2 Å². The number of rotatable bonds is 7. The van der Waals surface area contributed by atoms with E-state index in [0.29, 0.717) is 19.1 Å². The van der Waals surface area contributed by atoms with Crippen LogP contribution in [0.3, 0.4) is 0 Å². The Morgan fingerprint density at radius 3 is 2.55 bits per heavy atom. The smallest absolute Gasteiger partial charge is 0.225 e. The minimum absolute atomic E-state index is 0. The highest BCUT2D eigenvalue weighted by atomic mass is 79.9. The van der Waals surface area contributed by atoms with Crippen molar-refractivity contribution in [1.82, 2.24) is 10.2 Å². The van der Waals surface area contributed by atoms with Crippen LogP contribution < -0.4 is 10.1 Å². The third-order valence-electron chi connectivity index (χ3n) is 4.05. The van der Waals surface area contributed by atoms with Gasteiger partial charge in [-0.1, -0.05) is 22.9 Å². The summed E-state index contributed by atoms with van der Waals surface area (Å²) in [7, 11) is 0. The Hall–Kier alpha value is -0.780. The lowest BCUT2D eigenvalue weighted by Crippen LogP contribution is -2.50. The number of carbonyl (C=O) groups is 1. The molecule has 1 unspecified atom stereocenters. The predicted molar refractivity (Wildman–Crippen MR) is 94.7 cm³/mol. The molecule has 1 saturated heterocycles. The molecule has 6 heteroatoms. The van der Waals surface area contributed by atoms with E-state index in [2.05, 4.69) is 21.2 Å². The molecule has 0 aromatic heterocycles. The van der Waals surface area contributed by atoms with E-state index in [1.54, 1.807) is 0 Å². The molecular weight excluding hydrogens is 368 g/mol. The number of halogens is 2. The number of hydrogen-bond acceptors (Lipinski definition) is 3. The van der Waals surface area contributed by atoms with Gasteiger partial charge in [0.2, 0.25) is 5.91 Å². The van der Waals surface area contributed by atoms with Crippen molar-refractivity contribution in [3.05, 3.63) is 28.7 Å². The van der Waals surface area contributed by atoms with E-state index in [9.17, 15) is 4.79 Å². The van der Waals surface area contributed by atoms with Crippen LogP contribution in [0.1, 0.15) is 13.8 Å². The highest BCUT2D eigenvalue weighted by molar-refractivity contribution is 9.10. The zero-order valence-electron chi connectivity index (χ0n) is 13.0. The van der Waals surface area contributed by atoms with Crippen LogP contribution in [-0.4, -0.2) is 43.6 Å². The Labute approximate surface area is 147 Å². The molecule has 1 aromatic rings. The van der Waals surface area contributed by atoms with E-state index in [0.717, 1.165) is 29.9 Å². The van der Waals surface area contributed by atoms with Gasteiger partial charge in [0.05, 0.1) is 6.54 Å². The van der Waals surface area contributed by atoms with E-state index in [1.807, 2.05) is 43.0 Å². The second-order valence-corrected chi connectivity index (χ2v) is 6.34. The summed E-state index contributed by atoms with van der Waals surface area (Å²) in [4.78, 5) is 14.3. The van der Waals surface area contributed by atoms with Crippen LogP contribution in [0.4, 0.5) is 0 Å². The topological polar surface area (TPSA) is 41.6 Å². The van der Waals surface area contributed by atoms with Crippen molar-refractivity contribution in [3.8, 4) is 5.75 Å². The van der Waals surface area contributed by atoms with Crippen molar-refractivity contribution in [1.29, 1.82) is 0 Å². The summed E-state index contributed by atoms with van der Waals surface area (Å²) in [6.07, 6.45) is 0. The lowest BCUT2D eigenvalue weighted by Gasteiger charge is -2.34. The number of nitrogens with one attached hydrogen (secondary N) is 1. The molecule has 1 atom stereocenters. The summed E-state index contributed by atoms with van der Waals surface area (Å²) in [6.45, 7) is 7.86. The van der Waals surface area contributed by atoms with E-state index < -0.39 is 0 Å². The van der Waals surface area contributed by atoms with Gasteiger partial charge < -0.3 is 15.0 Å². The average molecular weight is 392 g/mol. The Balaban J connectivity index is 0.00000242. The highest BCUT2D eigenvalue weighted by Gasteiger charge is 2.30. The molecule has 1 aliphatic heterocycles. The SMILES string of the molecule is CCN(CCOc1ccc(Br)cc1)C(=O)C(C)C1CNC1.Cl. The second kappa shape index (κ2) is 9.38. The molecule has 0 spiro atoms. The molecular formula is C16H24BrClN2O2. The number of benzene rings is 1. The monoisotopic (exact) mass is 390 g/mol. The lowest BCUT2D eigenvalue weighted by molar-refractivity contribution is -0.137. The first-order valence-electron chi connectivity index (χ1n) is 7.49. The van der Waals surface area contributed by atoms with Gasteiger partial charge in [0, 0.05) is 16.9 Å². The van der Waals surface area contributed by atoms with Crippen LogP contribution in [-0.2, 0) is 4.79 Å².